The van der Waals surface area contributed by atoms with E-state index in [1.807, 2.05) is 24.3 Å². The first-order valence-corrected chi connectivity index (χ1v) is 10.9. The van der Waals surface area contributed by atoms with E-state index in [0.717, 1.165) is 60.1 Å². The second kappa shape index (κ2) is 8.58. The van der Waals surface area contributed by atoms with Gasteiger partial charge in [-0.3, -0.25) is 9.69 Å². The van der Waals surface area contributed by atoms with Gasteiger partial charge in [-0.1, -0.05) is 12.1 Å². The maximum absolute atomic E-state index is 13.1. The zero-order valence-corrected chi connectivity index (χ0v) is 17.5. The Labute approximate surface area is 182 Å². The number of amides is 1. The van der Waals surface area contributed by atoms with Gasteiger partial charge in [-0.15, -0.1) is 11.3 Å². The van der Waals surface area contributed by atoms with E-state index >= 15 is 0 Å². The fraction of sp³-hybridized carbons (Fsp3) is 0.217. The summed E-state index contributed by atoms with van der Waals surface area (Å²) in [5.41, 5.74) is 3.35. The van der Waals surface area contributed by atoms with E-state index in [2.05, 4.69) is 20.2 Å². The number of aromatic nitrogens is 2. The molecule has 0 atom stereocenters. The van der Waals surface area contributed by atoms with Crippen molar-refractivity contribution in [2.24, 2.45) is 0 Å². The molecule has 158 valence electrons. The largest absolute Gasteiger partial charge is 0.379 e. The number of nitrogens with zero attached hydrogens (tertiary/aromatic N) is 2. The quantitative estimate of drug-likeness (QED) is 0.483. The molecule has 3 heterocycles. The number of benzene rings is 2. The average Bonchev–Trinajstić information content (AvgIpc) is 3.42. The Bertz CT molecular complexity index is 1210. The van der Waals surface area contributed by atoms with E-state index < -0.39 is 0 Å². The molecule has 6 nitrogen and oxygen atoms in total. The molecule has 1 aliphatic heterocycles. The number of halogens is 1. The van der Waals surface area contributed by atoms with Crippen molar-refractivity contribution in [1.82, 2.24) is 14.9 Å². The van der Waals surface area contributed by atoms with Crippen LogP contribution in [0.2, 0.25) is 0 Å². The summed E-state index contributed by atoms with van der Waals surface area (Å²) in [5, 5.41) is 2.95. The Morgan fingerprint density at radius 1 is 1.13 bits per heavy atom. The number of rotatable bonds is 5. The molecule has 8 heteroatoms. The van der Waals surface area contributed by atoms with Gasteiger partial charge in [-0.05, 0) is 48.0 Å². The van der Waals surface area contributed by atoms with Crippen LogP contribution in [-0.4, -0.2) is 47.1 Å². The van der Waals surface area contributed by atoms with Crippen molar-refractivity contribution in [2.45, 2.75) is 6.54 Å². The van der Waals surface area contributed by atoms with Crippen LogP contribution in [0.1, 0.15) is 15.5 Å². The van der Waals surface area contributed by atoms with Gasteiger partial charge in [0.15, 0.2) is 0 Å². The highest BCUT2D eigenvalue weighted by atomic mass is 32.1. The molecule has 0 spiro atoms. The van der Waals surface area contributed by atoms with Crippen LogP contribution >= 0.6 is 11.3 Å². The smallest absolute Gasteiger partial charge is 0.265 e. The number of carbonyl (C=O) groups excluding carboxylic acids is 1. The predicted octanol–water partition coefficient (Wildman–Crippen LogP) is 4.52. The summed E-state index contributed by atoms with van der Waals surface area (Å²) in [6, 6.07) is 15.6. The van der Waals surface area contributed by atoms with Gasteiger partial charge >= 0.3 is 0 Å². The van der Waals surface area contributed by atoms with Gasteiger partial charge in [-0.2, -0.15) is 0 Å². The molecule has 0 saturated carbocycles. The van der Waals surface area contributed by atoms with Gasteiger partial charge < -0.3 is 15.0 Å². The number of ether oxygens (including phenoxy) is 1. The van der Waals surface area contributed by atoms with Gasteiger partial charge in [0, 0.05) is 23.7 Å². The summed E-state index contributed by atoms with van der Waals surface area (Å²) in [5.74, 6) is 0.453. The molecule has 0 unspecified atom stereocenters. The SMILES string of the molecule is O=C(Nc1ccc2nc(CN3CCOCC3)[nH]c2c1)c1ccc(-c2ccc(F)cc2)s1. The zero-order chi connectivity index (χ0) is 21.2. The fourth-order valence-electron chi connectivity index (χ4n) is 3.61. The van der Waals surface area contributed by atoms with Crippen molar-refractivity contribution < 1.29 is 13.9 Å². The van der Waals surface area contributed by atoms with Crippen LogP contribution in [0, 0.1) is 5.82 Å². The predicted molar refractivity (Wildman–Crippen MR) is 120 cm³/mol. The van der Waals surface area contributed by atoms with Crippen molar-refractivity contribution in [2.75, 3.05) is 31.6 Å². The van der Waals surface area contributed by atoms with Gasteiger partial charge in [-0.25, -0.2) is 9.37 Å². The van der Waals surface area contributed by atoms with Crippen LogP contribution in [0.15, 0.2) is 54.6 Å². The highest BCUT2D eigenvalue weighted by Crippen LogP contribution is 2.29. The highest BCUT2D eigenvalue weighted by Gasteiger charge is 2.14. The number of morpholine rings is 1. The third kappa shape index (κ3) is 4.51. The lowest BCUT2D eigenvalue weighted by atomic mass is 10.2. The summed E-state index contributed by atoms with van der Waals surface area (Å²) in [7, 11) is 0. The number of aromatic amines is 1. The molecule has 1 aliphatic rings. The zero-order valence-electron chi connectivity index (χ0n) is 16.7. The summed E-state index contributed by atoms with van der Waals surface area (Å²) in [6.07, 6.45) is 0. The molecular weight excluding hydrogens is 415 g/mol. The molecular formula is C23H21FN4O2S. The minimum absolute atomic E-state index is 0.175. The molecule has 2 N–H and O–H groups in total. The molecule has 2 aromatic heterocycles. The summed E-state index contributed by atoms with van der Waals surface area (Å²) < 4.78 is 18.5. The Balaban J connectivity index is 1.28. The van der Waals surface area contributed by atoms with E-state index in [0.29, 0.717) is 10.6 Å². The van der Waals surface area contributed by atoms with Crippen LogP contribution in [0.25, 0.3) is 21.5 Å². The molecule has 1 saturated heterocycles. The second-order valence-corrected chi connectivity index (χ2v) is 8.51. The minimum atomic E-state index is -0.277. The van der Waals surface area contributed by atoms with Gasteiger partial charge in [0.1, 0.15) is 11.6 Å². The van der Waals surface area contributed by atoms with E-state index in [4.69, 9.17) is 4.74 Å². The summed E-state index contributed by atoms with van der Waals surface area (Å²) in [4.78, 5) is 24.5. The first kappa shape index (κ1) is 19.9. The maximum atomic E-state index is 13.1. The average molecular weight is 437 g/mol. The monoisotopic (exact) mass is 436 g/mol. The topological polar surface area (TPSA) is 70.2 Å². The van der Waals surface area contributed by atoms with Crippen molar-refractivity contribution >= 4 is 34.0 Å². The molecule has 0 bridgehead atoms. The van der Waals surface area contributed by atoms with E-state index in [9.17, 15) is 9.18 Å². The van der Waals surface area contributed by atoms with Crippen LogP contribution in [0.3, 0.4) is 0 Å². The van der Waals surface area contributed by atoms with Crippen LogP contribution < -0.4 is 5.32 Å². The number of H-pyrrole nitrogens is 1. The first-order valence-electron chi connectivity index (χ1n) is 10.1. The molecule has 2 aromatic carbocycles. The Morgan fingerprint density at radius 2 is 1.94 bits per heavy atom. The Kier molecular flexibility index (Phi) is 5.50. The van der Waals surface area contributed by atoms with Crippen molar-refractivity contribution in [3.05, 3.63) is 71.1 Å². The van der Waals surface area contributed by atoms with Gasteiger partial charge in [0.25, 0.3) is 5.91 Å². The highest BCUT2D eigenvalue weighted by molar-refractivity contribution is 7.17. The number of fused-ring (bicyclic) bond motifs is 1. The minimum Gasteiger partial charge on any atom is -0.379 e. The summed E-state index contributed by atoms with van der Waals surface area (Å²) in [6.45, 7) is 4.06. The molecule has 0 radical (unpaired) electrons. The van der Waals surface area contributed by atoms with Crippen molar-refractivity contribution in [3.63, 3.8) is 0 Å². The fourth-order valence-corrected chi connectivity index (χ4v) is 4.51. The third-order valence-corrected chi connectivity index (χ3v) is 6.36. The van der Waals surface area contributed by atoms with E-state index in [1.165, 1.54) is 23.5 Å². The number of hydrogen-bond donors (Lipinski definition) is 2. The normalized spacial score (nSPS) is 14.7. The lowest BCUT2D eigenvalue weighted by Gasteiger charge is -2.25. The van der Waals surface area contributed by atoms with E-state index in [1.54, 1.807) is 18.2 Å². The van der Waals surface area contributed by atoms with Crippen molar-refractivity contribution in [3.8, 4) is 10.4 Å². The second-order valence-electron chi connectivity index (χ2n) is 7.43. The molecule has 4 aromatic rings. The standard InChI is InChI=1S/C23H21FN4O2S/c24-16-3-1-15(2-4-16)20-7-8-21(31-20)23(29)25-17-5-6-18-19(13-17)27-22(26-18)14-28-9-11-30-12-10-28/h1-8,13H,9-12,14H2,(H,25,29)(H,26,27). The molecule has 0 aliphatic carbocycles. The van der Waals surface area contributed by atoms with Crippen LogP contribution in [0.5, 0.6) is 0 Å². The van der Waals surface area contributed by atoms with E-state index in [-0.39, 0.29) is 11.7 Å². The molecule has 5 rings (SSSR count). The Hall–Kier alpha value is -3.07. The number of anilines is 1. The van der Waals surface area contributed by atoms with Gasteiger partial charge in [0.2, 0.25) is 0 Å². The molecule has 1 amide bonds. The number of imidazole rings is 1. The van der Waals surface area contributed by atoms with Crippen LogP contribution in [-0.2, 0) is 11.3 Å². The van der Waals surface area contributed by atoms with Gasteiger partial charge in [0.05, 0.1) is 35.7 Å². The molecule has 31 heavy (non-hydrogen) atoms. The Morgan fingerprint density at radius 3 is 2.74 bits per heavy atom. The number of thiophene rings is 1. The third-order valence-electron chi connectivity index (χ3n) is 5.22. The lowest BCUT2D eigenvalue weighted by Crippen LogP contribution is -2.35. The van der Waals surface area contributed by atoms with Crippen LogP contribution in [0.4, 0.5) is 10.1 Å². The number of carbonyl (C=O) groups is 1. The number of nitrogens with one attached hydrogen (secondary N) is 2. The lowest BCUT2D eigenvalue weighted by molar-refractivity contribution is 0.0332. The van der Waals surface area contributed by atoms with Crippen molar-refractivity contribution in [1.29, 1.82) is 0 Å². The molecule has 1 fully saturated rings. The number of hydrogen-bond acceptors (Lipinski definition) is 5. The maximum Gasteiger partial charge on any atom is 0.265 e. The first-order chi connectivity index (χ1) is 15.1. The summed E-state index contributed by atoms with van der Waals surface area (Å²) >= 11 is 1.38.